The highest BCUT2D eigenvalue weighted by Gasteiger charge is 2.32. The lowest BCUT2D eigenvalue weighted by Crippen LogP contribution is -2.55. The van der Waals surface area contributed by atoms with Crippen LogP contribution in [0.25, 0.3) is 0 Å². The number of Topliss-reactive ketones (excluding diaryl/α,β-unsaturated/α-hetero) is 1. The number of hydrogen-bond acceptors (Lipinski definition) is 7. The number of hydrogen-bond donors (Lipinski definition) is 4. The SMILES string of the molecule is COc1ccc(Br)cc1[C@@H](O)C(=O)N[C@H](C(=O)N[C@@H](CC(=O)O)C(=O)CSCc1ccccc1)C(C)C. The third kappa shape index (κ3) is 9.49. The summed E-state index contributed by atoms with van der Waals surface area (Å²) in [4.78, 5) is 50.0. The average Bonchev–Trinajstić information content (AvgIpc) is 2.86. The van der Waals surface area contributed by atoms with Gasteiger partial charge in [-0.3, -0.25) is 19.2 Å². The van der Waals surface area contributed by atoms with Crippen LogP contribution in [0.2, 0.25) is 0 Å². The smallest absolute Gasteiger partial charge is 0.305 e. The molecule has 0 unspecified atom stereocenters. The van der Waals surface area contributed by atoms with E-state index in [4.69, 9.17) is 4.74 Å². The van der Waals surface area contributed by atoms with E-state index in [2.05, 4.69) is 26.6 Å². The molecule has 0 saturated carbocycles. The van der Waals surface area contributed by atoms with E-state index in [1.54, 1.807) is 26.0 Å². The van der Waals surface area contributed by atoms with Crippen LogP contribution < -0.4 is 15.4 Å². The Morgan fingerprint density at radius 3 is 2.30 bits per heavy atom. The van der Waals surface area contributed by atoms with Gasteiger partial charge in [0.05, 0.1) is 25.3 Å². The quantitative estimate of drug-likeness (QED) is 0.261. The van der Waals surface area contributed by atoms with Gasteiger partial charge in [0, 0.05) is 15.8 Å². The Balaban J connectivity index is 2.08. The van der Waals surface area contributed by atoms with Gasteiger partial charge in [-0.05, 0) is 29.7 Å². The maximum atomic E-state index is 13.1. The fourth-order valence-electron chi connectivity index (χ4n) is 3.45. The third-order valence-electron chi connectivity index (χ3n) is 5.42. The van der Waals surface area contributed by atoms with Crippen molar-refractivity contribution in [2.24, 2.45) is 5.92 Å². The number of ether oxygens (including phenoxy) is 1. The molecule has 0 radical (unpaired) electrons. The zero-order valence-electron chi connectivity index (χ0n) is 20.8. The number of carboxylic acids is 1. The van der Waals surface area contributed by atoms with Crippen molar-refractivity contribution >= 4 is 51.3 Å². The predicted molar refractivity (Wildman–Crippen MR) is 144 cm³/mol. The zero-order chi connectivity index (χ0) is 27.5. The average molecular weight is 596 g/mol. The molecule has 11 heteroatoms. The second-order valence-corrected chi connectivity index (χ2v) is 10.5. The van der Waals surface area contributed by atoms with Gasteiger partial charge in [-0.2, -0.15) is 0 Å². The molecule has 0 bridgehead atoms. The lowest BCUT2D eigenvalue weighted by Gasteiger charge is -2.26. The van der Waals surface area contributed by atoms with Gasteiger partial charge in [0.2, 0.25) is 5.91 Å². The molecule has 0 saturated heterocycles. The third-order valence-corrected chi connectivity index (χ3v) is 6.94. The molecule has 0 aliphatic rings. The van der Waals surface area contributed by atoms with Gasteiger partial charge in [-0.1, -0.05) is 60.1 Å². The lowest BCUT2D eigenvalue weighted by molar-refractivity contribution is -0.140. The fraction of sp³-hybridized carbons (Fsp3) is 0.385. The van der Waals surface area contributed by atoms with E-state index in [1.807, 2.05) is 30.3 Å². The van der Waals surface area contributed by atoms with Crippen LogP contribution in [-0.4, -0.2) is 58.7 Å². The van der Waals surface area contributed by atoms with Crippen LogP contribution in [0.4, 0.5) is 0 Å². The van der Waals surface area contributed by atoms with Gasteiger partial charge >= 0.3 is 5.97 Å². The summed E-state index contributed by atoms with van der Waals surface area (Å²) < 4.78 is 5.83. The predicted octanol–water partition coefficient (Wildman–Crippen LogP) is 3.09. The van der Waals surface area contributed by atoms with E-state index in [1.165, 1.54) is 24.9 Å². The molecule has 3 atom stereocenters. The highest BCUT2D eigenvalue weighted by molar-refractivity contribution is 9.10. The number of ketones is 1. The molecule has 0 heterocycles. The molecule has 0 fully saturated rings. The van der Waals surface area contributed by atoms with Crippen LogP contribution in [0.1, 0.15) is 37.5 Å². The molecule has 2 rings (SSSR count). The summed E-state index contributed by atoms with van der Waals surface area (Å²) in [5, 5.41) is 24.9. The van der Waals surface area contributed by atoms with Crippen LogP contribution >= 0.6 is 27.7 Å². The Hall–Kier alpha value is -2.89. The maximum Gasteiger partial charge on any atom is 0.305 e. The molecule has 0 aliphatic heterocycles. The van der Waals surface area contributed by atoms with Crippen molar-refractivity contribution < 1.29 is 34.1 Å². The number of rotatable bonds is 14. The standard InChI is InChI=1S/C26H31BrN2O7S/c1-15(2)23(29-26(35)24(33)18-11-17(27)9-10-21(18)36-3)25(34)28-19(12-22(31)32)20(30)14-37-13-16-7-5-4-6-8-16/h4-11,15,19,23-24,33H,12-14H2,1-3H3,(H,28,34)(H,29,35)(H,31,32)/t19-,23-,24+/m0/s1. The van der Waals surface area contributed by atoms with Gasteiger partial charge in [0.1, 0.15) is 11.8 Å². The number of aliphatic hydroxyl groups is 1. The van der Waals surface area contributed by atoms with Crippen LogP contribution in [0, 0.1) is 5.92 Å². The minimum Gasteiger partial charge on any atom is -0.496 e. The molecular formula is C26H31BrN2O7S. The molecular weight excluding hydrogens is 564 g/mol. The number of carboxylic acid groups (broad SMARTS) is 1. The van der Waals surface area contributed by atoms with E-state index < -0.39 is 54.1 Å². The van der Waals surface area contributed by atoms with Crippen molar-refractivity contribution in [3.8, 4) is 5.75 Å². The number of methoxy groups -OCH3 is 1. The van der Waals surface area contributed by atoms with Gasteiger partial charge in [0.25, 0.3) is 5.91 Å². The van der Waals surface area contributed by atoms with Gasteiger partial charge in [-0.25, -0.2) is 0 Å². The van der Waals surface area contributed by atoms with E-state index in [0.29, 0.717) is 10.2 Å². The van der Waals surface area contributed by atoms with Crippen molar-refractivity contribution in [1.29, 1.82) is 0 Å². The first kappa shape index (κ1) is 30.3. The number of thioether (sulfide) groups is 1. The topological polar surface area (TPSA) is 142 Å². The number of carbonyl (C=O) groups excluding carboxylic acids is 3. The minimum absolute atomic E-state index is 0.00716. The van der Waals surface area contributed by atoms with Crippen molar-refractivity contribution in [2.45, 2.75) is 44.2 Å². The lowest BCUT2D eigenvalue weighted by atomic mass is 10.0. The minimum atomic E-state index is -1.63. The van der Waals surface area contributed by atoms with E-state index in [0.717, 1.165) is 5.56 Å². The fourth-order valence-corrected chi connectivity index (χ4v) is 4.76. The highest BCUT2D eigenvalue weighted by atomic mass is 79.9. The molecule has 200 valence electrons. The molecule has 2 aromatic rings. The van der Waals surface area contributed by atoms with E-state index >= 15 is 0 Å². The Bertz CT molecular complexity index is 1100. The molecule has 2 aromatic carbocycles. The first-order valence-electron chi connectivity index (χ1n) is 11.5. The summed E-state index contributed by atoms with van der Waals surface area (Å²) in [5.74, 6) is -2.81. The number of benzene rings is 2. The summed E-state index contributed by atoms with van der Waals surface area (Å²) in [6.07, 6.45) is -2.22. The summed E-state index contributed by atoms with van der Waals surface area (Å²) in [6.45, 7) is 3.36. The molecule has 9 nitrogen and oxygen atoms in total. The first-order chi connectivity index (χ1) is 17.5. The molecule has 0 spiro atoms. The zero-order valence-corrected chi connectivity index (χ0v) is 23.2. The van der Waals surface area contributed by atoms with Crippen LogP contribution in [0.15, 0.2) is 53.0 Å². The second kappa shape index (κ2) is 14.7. The molecule has 0 aliphatic carbocycles. The van der Waals surface area contributed by atoms with E-state index in [9.17, 15) is 29.4 Å². The number of aliphatic hydroxyl groups excluding tert-OH is 1. The van der Waals surface area contributed by atoms with Crippen molar-refractivity contribution in [3.63, 3.8) is 0 Å². The number of aliphatic carboxylic acids is 1. The molecule has 2 amide bonds. The highest BCUT2D eigenvalue weighted by Crippen LogP contribution is 2.29. The van der Waals surface area contributed by atoms with Crippen LogP contribution in [-0.2, 0) is 24.9 Å². The van der Waals surface area contributed by atoms with Gasteiger partial charge < -0.3 is 25.6 Å². The molecule has 37 heavy (non-hydrogen) atoms. The summed E-state index contributed by atoms with van der Waals surface area (Å²) >= 11 is 4.60. The van der Waals surface area contributed by atoms with Crippen molar-refractivity contribution in [1.82, 2.24) is 10.6 Å². The number of amides is 2. The Morgan fingerprint density at radius 1 is 1.03 bits per heavy atom. The number of carbonyl (C=O) groups is 4. The largest absolute Gasteiger partial charge is 0.496 e. The van der Waals surface area contributed by atoms with Crippen LogP contribution in [0.3, 0.4) is 0 Å². The van der Waals surface area contributed by atoms with Crippen molar-refractivity contribution in [3.05, 3.63) is 64.1 Å². The van der Waals surface area contributed by atoms with Crippen LogP contribution in [0.5, 0.6) is 5.75 Å². The first-order valence-corrected chi connectivity index (χ1v) is 13.5. The summed E-state index contributed by atoms with van der Waals surface area (Å²) in [7, 11) is 1.40. The number of halogens is 1. The Kier molecular flexibility index (Phi) is 12.1. The number of nitrogens with one attached hydrogen (secondary N) is 2. The molecule has 4 N–H and O–H groups in total. The Labute approximate surface area is 228 Å². The summed E-state index contributed by atoms with van der Waals surface area (Å²) in [6, 6.07) is 11.9. The van der Waals surface area contributed by atoms with E-state index in [-0.39, 0.29) is 17.1 Å². The molecule has 0 aromatic heterocycles. The summed E-state index contributed by atoms with van der Waals surface area (Å²) in [5.41, 5.74) is 1.22. The monoisotopic (exact) mass is 594 g/mol. The second-order valence-electron chi connectivity index (χ2n) is 8.62. The maximum absolute atomic E-state index is 13.1. The van der Waals surface area contributed by atoms with Gasteiger partial charge in [0.15, 0.2) is 11.9 Å². The Morgan fingerprint density at radius 2 is 1.70 bits per heavy atom. The van der Waals surface area contributed by atoms with Crippen molar-refractivity contribution in [2.75, 3.05) is 12.9 Å². The van der Waals surface area contributed by atoms with Gasteiger partial charge in [-0.15, -0.1) is 11.8 Å². The normalized spacial score (nSPS) is 13.4.